The molecule has 196 valence electrons. The van der Waals surface area contributed by atoms with Crippen molar-refractivity contribution in [3.8, 4) is 22.6 Å². The monoisotopic (exact) mass is 535 g/mol. The van der Waals surface area contributed by atoms with Gasteiger partial charge in [-0.3, -0.25) is 4.98 Å². The maximum atomic E-state index is 4.82. The Morgan fingerprint density at radius 2 is 0.976 bits per heavy atom. The highest BCUT2D eigenvalue weighted by Gasteiger charge is 2.18. The van der Waals surface area contributed by atoms with Gasteiger partial charge in [0.1, 0.15) is 0 Å². The van der Waals surface area contributed by atoms with Crippen molar-refractivity contribution in [2.75, 3.05) is 0 Å². The molecule has 3 aromatic heterocycles. The van der Waals surface area contributed by atoms with Crippen molar-refractivity contribution >= 4 is 54.4 Å². The molecule has 3 heteroatoms. The van der Waals surface area contributed by atoms with Crippen LogP contribution < -0.4 is 0 Å². The van der Waals surface area contributed by atoms with Crippen LogP contribution in [0.25, 0.3) is 77.0 Å². The summed E-state index contributed by atoms with van der Waals surface area (Å²) in [7, 11) is 0. The van der Waals surface area contributed by atoms with E-state index in [1.807, 2.05) is 6.20 Å². The molecule has 3 nitrogen and oxygen atoms in total. The minimum Gasteiger partial charge on any atom is -0.309 e. The van der Waals surface area contributed by atoms with E-state index in [9.17, 15) is 0 Å². The molecule has 0 aliphatic heterocycles. The molecule has 0 fully saturated rings. The van der Waals surface area contributed by atoms with Crippen molar-refractivity contribution in [3.05, 3.63) is 152 Å². The van der Waals surface area contributed by atoms with Gasteiger partial charge in [-0.05, 0) is 60.0 Å². The molecule has 0 aliphatic carbocycles. The fourth-order valence-corrected chi connectivity index (χ4v) is 6.61. The lowest BCUT2D eigenvalue weighted by Crippen LogP contribution is -1.96. The fraction of sp³-hybridized carbons (Fsp3) is 0. The van der Waals surface area contributed by atoms with Crippen LogP contribution in [0.4, 0.5) is 0 Å². The molecular weight excluding hydrogens is 510 g/mol. The molecule has 42 heavy (non-hydrogen) atoms. The SMILES string of the molecule is c1ccc(-n2c3ccccc3c3cc4c5ccccc5n(-c5cccc(-c6cc7ccccc7cn6)c5)c4cc32)cc1. The van der Waals surface area contributed by atoms with E-state index in [0.29, 0.717) is 0 Å². The summed E-state index contributed by atoms with van der Waals surface area (Å²) >= 11 is 0. The van der Waals surface area contributed by atoms with Gasteiger partial charge in [-0.15, -0.1) is 0 Å². The van der Waals surface area contributed by atoms with E-state index in [0.717, 1.165) is 28.0 Å². The Labute approximate surface area is 242 Å². The quantitative estimate of drug-likeness (QED) is 0.221. The zero-order valence-corrected chi connectivity index (χ0v) is 22.8. The highest BCUT2D eigenvalue weighted by atomic mass is 15.0. The van der Waals surface area contributed by atoms with E-state index in [-0.39, 0.29) is 0 Å². The van der Waals surface area contributed by atoms with Crippen LogP contribution in [0, 0.1) is 0 Å². The molecule has 9 aromatic rings. The van der Waals surface area contributed by atoms with Gasteiger partial charge in [0.2, 0.25) is 0 Å². The predicted molar refractivity (Wildman–Crippen MR) is 176 cm³/mol. The average Bonchev–Trinajstić information content (AvgIpc) is 3.56. The second kappa shape index (κ2) is 8.92. The van der Waals surface area contributed by atoms with E-state index in [4.69, 9.17) is 4.98 Å². The maximum absolute atomic E-state index is 4.82. The second-order valence-corrected chi connectivity index (χ2v) is 10.9. The van der Waals surface area contributed by atoms with Crippen LogP contribution in [0.15, 0.2) is 152 Å². The lowest BCUT2D eigenvalue weighted by atomic mass is 10.1. The van der Waals surface area contributed by atoms with Crippen molar-refractivity contribution in [1.29, 1.82) is 0 Å². The molecule has 0 radical (unpaired) electrons. The highest BCUT2D eigenvalue weighted by Crippen LogP contribution is 2.39. The van der Waals surface area contributed by atoms with E-state index < -0.39 is 0 Å². The van der Waals surface area contributed by atoms with E-state index in [2.05, 4.69) is 155 Å². The number of benzene rings is 6. The molecule has 9 rings (SSSR count). The first kappa shape index (κ1) is 23.1. The van der Waals surface area contributed by atoms with Crippen LogP contribution in [0.2, 0.25) is 0 Å². The van der Waals surface area contributed by atoms with Gasteiger partial charge in [-0.2, -0.15) is 0 Å². The molecule has 0 unspecified atom stereocenters. The number of nitrogens with zero attached hydrogens (tertiary/aromatic N) is 3. The summed E-state index contributed by atoms with van der Waals surface area (Å²) in [5, 5.41) is 7.38. The van der Waals surface area contributed by atoms with Crippen LogP contribution in [-0.4, -0.2) is 14.1 Å². The fourth-order valence-electron chi connectivity index (χ4n) is 6.61. The van der Waals surface area contributed by atoms with Gasteiger partial charge in [-0.1, -0.05) is 91.0 Å². The number of aromatic nitrogens is 3. The normalized spacial score (nSPS) is 11.8. The third kappa shape index (κ3) is 3.37. The summed E-state index contributed by atoms with van der Waals surface area (Å²) in [6.07, 6.45) is 1.97. The number of hydrogen-bond acceptors (Lipinski definition) is 1. The van der Waals surface area contributed by atoms with Crippen molar-refractivity contribution in [2.24, 2.45) is 0 Å². The standard InChI is InChI=1S/C39H25N3/c1-2-14-29(15-3-1)41-36-19-8-6-17-31(36)33-23-34-32-18-7-9-20-37(32)42(39(34)24-38(33)41)30-16-10-13-27(21-30)35-22-26-11-4-5-12-28(26)25-40-35/h1-25H. The summed E-state index contributed by atoms with van der Waals surface area (Å²) in [6, 6.07) is 52.2. The largest absolute Gasteiger partial charge is 0.309 e. The number of pyridine rings is 1. The van der Waals surface area contributed by atoms with Crippen LogP contribution in [-0.2, 0) is 0 Å². The minimum atomic E-state index is 0.975. The molecule has 0 saturated heterocycles. The molecule has 0 saturated carbocycles. The van der Waals surface area contributed by atoms with Crippen molar-refractivity contribution in [2.45, 2.75) is 0 Å². The topological polar surface area (TPSA) is 22.8 Å². The zero-order chi connectivity index (χ0) is 27.6. The van der Waals surface area contributed by atoms with E-state index >= 15 is 0 Å². The Bertz CT molecular complexity index is 2460. The predicted octanol–water partition coefficient (Wildman–Crippen LogP) is 10.1. The van der Waals surface area contributed by atoms with Gasteiger partial charge in [0.15, 0.2) is 0 Å². The van der Waals surface area contributed by atoms with E-state index in [1.165, 1.54) is 49.0 Å². The third-order valence-corrected chi connectivity index (χ3v) is 8.51. The molecule has 0 N–H and O–H groups in total. The van der Waals surface area contributed by atoms with Gasteiger partial charge < -0.3 is 9.13 Å². The smallest absolute Gasteiger partial charge is 0.0709 e. The Hall–Kier alpha value is -5.67. The summed E-state index contributed by atoms with van der Waals surface area (Å²) in [5.74, 6) is 0. The molecule has 3 heterocycles. The molecule has 0 bridgehead atoms. The van der Waals surface area contributed by atoms with Crippen LogP contribution in [0.5, 0.6) is 0 Å². The van der Waals surface area contributed by atoms with Crippen molar-refractivity contribution in [3.63, 3.8) is 0 Å². The van der Waals surface area contributed by atoms with Crippen LogP contribution in [0.3, 0.4) is 0 Å². The van der Waals surface area contributed by atoms with Crippen LogP contribution in [0.1, 0.15) is 0 Å². The third-order valence-electron chi connectivity index (χ3n) is 8.51. The minimum absolute atomic E-state index is 0.975. The summed E-state index contributed by atoms with van der Waals surface area (Å²) in [4.78, 5) is 4.82. The van der Waals surface area contributed by atoms with Crippen molar-refractivity contribution in [1.82, 2.24) is 14.1 Å². The van der Waals surface area contributed by atoms with Gasteiger partial charge in [0.05, 0.1) is 27.8 Å². The second-order valence-electron chi connectivity index (χ2n) is 10.9. The molecule has 0 aliphatic rings. The Morgan fingerprint density at radius 1 is 0.381 bits per heavy atom. The first-order chi connectivity index (χ1) is 20.8. The summed E-state index contributed by atoms with van der Waals surface area (Å²) < 4.78 is 4.79. The first-order valence-corrected chi connectivity index (χ1v) is 14.3. The van der Waals surface area contributed by atoms with Gasteiger partial charge in [-0.25, -0.2) is 0 Å². The number of rotatable bonds is 3. The summed E-state index contributed by atoms with van der Waals surface area (Å²) in [6.45, 7) is 0. The van der Waals surface area contributed by atoms with Gasteiger partial charge >= 0.3 is 0 Å². The van der Waals surface area contributed by atoms with Crippen LogP contribution >= 0.6 is 0 Å². The Morgan fingerprint density at radius 3 is 1.71 bits per heavy atom. The average molecular weight is 536 g/mol. The van der Waals surface area contributed by atoms with Gasteiger partial charge in [0, 0.05) is 50.1 Å². The molecule has 0 spiro atoms. The van der Waals surface area contributed by atoms with Gasteiger partial charge in [0.25, 0.3) is 0 Å². The maximum Gasteiger partial charge on any atom is 0.0709 e. The molecule has 0 amide bonds. The zero-order valence-electron chi connectivity index (χ0n) is 22.8. The number of hydrogen-bond donors (Lipinski definition) is 0. The number of fused-ring (bicyclic) bond motifs is 7. The Balaban J connectivity index is 1.35. The lowest BCUT2D eigenvalue weighted by Gasteiger charge is -2.11. The lowest BCUT2D eigenvalue weighted by molar-refractivity contribution is 1.16. The summed E-state index contributed by atoms with van der Waals surface area (Å²) in [5.41, 5.74) is 9.15. The molecule has 0 atom stereocenters. The highest BCUT2D eigenvalue weighted by molar-refractivity contribution is 6.19. The van der Waals surface area contributed by atoms with E-state index in [1.54, 1.807) is 0 Å². The first-order valence-electron chi connectivity index (χ1n) is 14.3. The Kier molecular flexibility index (Phi) is 4.90. The molecular formula is C39H25N3. The van der Waals surface area contributed by atoms with Crippen molar-refractivity contribution < 1.29 is 0 Å². The molecule has 6 aromatic carbocycles. The number of para-hydroxylation sites is 3.